The van der Waals surface area contributed by atoms with Gasteiger partial charge < -0.3 is 0 Å². The van der Waals surface area contributed by atoms with Crippen LogP contribution in [0.15, 0.2) is 102 Å². The van der Waals surface area contributed by atoms with Crippen molar-refractivity contribution in [2.24, 2.45) is 0 Å². The maximum absolute atomic E-state index is 3.60. The summed E-state index contributed by atoms with van der Waals surface area (Å²) in [6.07, 6.45) is 5.56. The first-order chi connectivity index (χ1) is 13.3. The van der Waals surface area contributed by atoms with E-state index in [1.54, 1.807) is 0 Å². The first-order valence-electron chi connectivity index (χ1n) is 9.29. The summed E-state index contributed by atoms with van der Waals surface area (Å²) in [5.41, 5.74) is 5.21. The van der Waals surface area contributed by atoms with Gasteiger partial charge in [-0.2, -0.15) is 0 Å². The minimum absolute atomic E-state index is 0.188. The Balaban J connectivity index is 1.93. The summed E-state index contributed by atoms with van der Waals surface area (Å²) in [7, 11) is 0. The van der Waals surface area contributed by atoms with Crippen LogP contribution in [-0.2, 0) is 5.41 Å². The molecule has 0 amide bonds. The minimum atomic E-state index is -0.188. The predicted molar refractivity (Wildman–Crippen MR) is 118 cm³/mol. The molecule has 5 rings (SSSR count). The lowest BCUT2D eigenvalue weighted by Gasteiger charge is -2.39. The molecular formula is C26H19Br. The summed E-state index contributed by atoms with van der Waals surface area (Å²) in [6.45, 7) is 0. The van der Waals surface area contributed by atoms with Crippen LogP contribution in [0, 0.1) is 0 Å². The smallest absolute Gasteiger partial charge is 0.0497 e. The van der Waals surface area contributed by atoms with Crippen LogP contribution < -0.4 is 0 Å². The Labute approximate surface area is 168 Å². The third kappa shape index (κ3) is 2.57. The fourth-order valence-corrected chi connectivity index (χ4v) is 4.78. The second-order valence-electron chi connectivity index (χ2n) is 7.14. The molecule has 0 saturated carbocycles. The summed E-state index contributed by atoms with van der Waals surface area (Å²) in [4.78, 5) is 0. The van der Waals surface area contributed by atoms with Crippen molar-refractivity contribution in [2.75, 3.05) is 0 Å². The summed E-state index contributed by atoms with van der Waals surface area (Å²) >= 11 is 3.60. The van der Waals surface area contributed by atoms with Gasteiger partial charge in [-0.05, 0) is 51.6 Å². The topological polar surface area (TPSA) is 0 Å². The van der Waals surface area contributed by atoms with Gasteiger partial charge >= 0.3 is 0 Å². The largest absolute Gasteiger partial charge is 0.0824 e. The monoisotopic (exact) mass is 410 g/mol. The standard InChI is InChI=1S/C26H19Br/c27-23-16-14-22(15-17-23)26(21-9-2-1-3-10-21)18-6-8-20-13-12-19-7-4-5-11-24(19)25(20)26/h1-17H,18H2. The van der Waals surface area contributed by atoms with Crippen LogP contribution in [0.1, 0.15) is 28.7 Å². The predicted octanol–water partition coefficient (Wildman–Crippen LogP) is 7.35. The van der Waals surface area contributed by atoms with E-state index in [4.69, 9.17) is 0 Å². The summed E-state index contributed by atoms with van der Waals surface area (Å²) < 4.78 is 1.11. The van der Waals surface area contributed by atoms with Gasteiger partial charge in [-0.3, -0.25) is 0 Å². The fraction of sp³-hybridized carbons (Fsp3) is 0.0769. The molecule has 4 aromatic carbocycles. The van der Waals surface area contributed by atoms with Gasteiger partial charge in [-0.1, -0.05) is 107 Å². The van der Waals surface area contributed by atoms with Crippen molar-refractivity contribution in [1.82, 2.24) is 0 Å². The highest BCUT2D eigenvalue weighted by atomic mass is 79.9. The Bertz CT molecular complexity index is 1140. The first kappa shape index (κ1) is 16.5. The molecule has 1 atom stereocenters. The molecule has 0 nitrogen and oxygen atoms in total. The molecule has 0 fully saturated rings. The quantitative estimate of drug-likeness (QED) is 0.323. The van der Waals surface area contributed by atoms with Crippen molar-refractivity contribution in [2.45, 2.75) is 11.8 Å². The highest BCUT2D eigenvalue weighted by Crippen LogP contribution is 2.49. The molecule has 1 aliphatic rings. The highest BCUT2D eigenvalue weighted by Gasteiger charge is 2.39. The average molecular weight is 411 g/mol. The van der Waals surface area contributed by atoms with Gasteiger partial charge in [0.15, 0.2) is 0 Å². The van der Waals surface area contributed by atoms with E-state index < -0.39 is 0 Å². The van der Waals surface area contributed by atoms with Gasteiger partial charge in [-0.25, -0.2) is 0 Å². The zero-order valence-electron chi connectivity index (χ0n) is 14.9. The molecule has 1 unspecified atom stereocenters. The molecule has 0 aromatic heterocycles. The summed E-state index contributed by atoms with van der Waals surface area (Å²) in [5, 5.41) is 2.63. The lowest BCUT2D eigenvalue weighted by molar-refractivity contribution is 0.626. The van der Waals surface area contributed by atoms with Gasteiger partial charge in [0.05, 0.1) is 0 Å². The average Bonchev–Trinajstić information content (AvgIpc) is 2.74. The number of allylic oxidation sites excluding steroid dienone is 1. The van der Waals surface area contributed by atoms with Crippen molar-refractivity contribution >= 4 is 32.8 Å². The Morgan fingerprint density at radius 2 is 1.37 bits per heavy atom. The molecule has 27 heavy (non-hydrogen) atoms. The SMILES string of the molecule is Brc1ccc(C2(c3ccccc3)CC=Cc3ccc4ccccc4c32)cc1. The number of hydrogen-bond donors (Lipinski definition) is 0. The normalized spacial score (nSPS) is 18.4. The molecule has 130 valence electrons. The maximum atomic E-state index is 3.60. The number of benzene rings is 4. The van der Waals surface area contributed by atoms with E-state index in [-0.39, 0.29) is 5.41 Å². The summed E-state index contributed by atoms with van der Waals surface area (Å²) in [5.74, 6) is 0. The molecule has 0 radical (unpaired) electrons. The molecule has 0 N–H and O–H groups in total. The Kier molecular flexibility index (Phi) is 3.98. The van der Waals surface area contributed by atoms with E-state index >= 15 is 0 Å². The fourth-order valence-electron chi connectivity index (χ4n) is 4.52. The minimum Gasteiger partial charge on any atom is -0.0824 e. The van der Waals surface area contributed by atoms with Crippen molar-refractivity contribution in [3.8, 4) is 0 Å². The van der Waals surface area contributed by atoms with E-state index in [2.05, 4.69) is 119 Å². The lowest BCUT2D eigenvalue weighted by atomic mass is 9.63. The van der Waals surface area contributed by atoms with Crippen molar-refractivity contribution < 1.29 is 0 Å². The molecule has 0 heterocycles. The van der Waals surface area contributed by atoms with Crippen LogP contribution in [0.3, 0.4) is 0 Å². The van der Waals surface area contributed by atoms with E-state index in [1.165, 1.54) is 33.0 Å². The van der Waals surface area contributed by atoms with Gasteiger partial charge in [0.25, 0.3) is 0 Å². The van der Waals surface area contributed by atoms with Crippen LogP contribution in [0.2, 0.25) is 0 Å². The lowest BCUT2D eigenvalue weighted by Crippen LogP contribution is -2.31. The van der Waals surface area contributed by atoms with Crippen molar-refractivity contribution in [3.63, 3.8) is 0 Å². The summed E-state index contributed by atoms with van der Waals surface area (Å²) in [6, 6.07) is 33.0. The van der Waals surface area contributed by atoms with Gasteiger partial charge in [-0.15, -0.1) is 0 Å². The molecule has 1 aliphatic carbocycles. The van der Waals surface area contributed by atoms with E-state index in [0.29, 0.717) is 0 Å². The Morgan fingerprint density at radius 3 is 2.19 bits per heavy atom. The van der Waals surface area contributed by atoms with Crippen LogP contribution >= 0.6 is 15.9 Å². The maximum Gasteiger partial charge on any atom is 0.0497 e. The molecule has 0 bridgehead atoms. The first-order valence-corrected chi connectivity index (χ1v) is 10.1. The number of hydrogen-bond acceptors (Lipinski definition) is 0. The third-order valence-corrected chi connectivity index (χ3v) is 6.24. The molecule has 0 aliphatic heterocycles. The van der Waals surface area contributed by atoms with E-state index in [1.807, 2.05) is 0 Å². The van der Waals surface area contributed by atoms with E-state index in [0.717, 1.165) is 10.9 Å². The van der Waals surface area contributed by atoms with E-state index in [9.17, 15) is 0 Å². The second-order valence-corrected chi connectivity index (χ2v) is 8.05. The van der Waals surface area contributed by atoms with Gasteiger partial charge in [0, 0.05) is 9.89 Å². The van der Waals surface area contributed by atoms with Crippen LogP contribution in [0.4, 0.5) is 0 Å². The highest BCUT2D eigenvalue weighted by molar-refractivity contribution is 9.10. The molecule has 1 heteroatoms. The van der Waals surface area contributed by atoms with Crippen molar-refractivity contribution in [1.29, 1.82) is 0 Å². The van der Waals surface area contributed by atoms with Crippen molar-refractivity contribution in [3.05, 3.63) is 124 Å². The number of halogens is 1. The molecular weight excluding hydrogens is 392 g/mol. The Hall–Kier alpha value is -2.64. The third-order valence-electron chi connectivity index (χ3n) is 5.71. The molecule has 0 spiro atoms. The van der Waals surface area contributed by atoms with Crippen LogP contribution in [0.5, 0.6) is 0 Å². The molecule has 0 saturated heterocycles. The van der Waals surface area contributed by atoms with Crippen LogP contribution in [0.25, 0.3) is 16.8 Å². The molecule has 4 aromatic rings. The van der Waals surface area contributed by atoms with Gasteiger partial charge in [0.1, 0.15) is 0 Å². The zero-order chi connectivity index (χ0) is 18.3. The van der Waals surface area contributed by atoms with Crippen LogP contribution in [-0.4, -0.2) is 0 Å². The Morgan fingerprint density at radius 1 is 0.667 bits per heavy atom. The number of rotatable bonds is 2. The zero-order valence-corrected chi connectivity index (χ0v) is 16.5. The number of fused-ring (bicyclic) bond motifs is 3. The van der Waals surface area contributed by atoms with Gasteiger partial charge in [0.2, 0.25) is 0 Å². The second kappa shape index (κ2) is 6.51.